The number of amidine groups is 1. The third-order valence-electron chi connectivity index (χ3n) is 4.60. The summed E-state index contributed by atoms with van der Waals surface area (Å²) in [6, 6.07) is 31.4. The fourth-order valence-electron chi connectivity index (χ4n) is 3.37. The van der Waals surface area contributed by atoms with Crippen molar-refractivity contribution in [3.63, 3.8) is 0 Å². The second kappa shape index (κ2) is 10.7. The minimum absolute atomic E-state index is 0.253. The molecule has 0 fully saturated rings. The van der Waals surface area contributed by atoms with E-state index >= 15 is 0 Å². The molecule has 3 aromatic rings. The Balaban J connectivity index is 2.23. The summed E-state index contributed by atoms with van der Waals surface area (Å²) in [4.78, 5) is 7.59. The van der Waals surface area contributed by atoms with E-state index in [1.165, 1.54) is 9.79 Å². The molecule has 0 aliphatic heterocycles. The zero-order valence-electron chi connectivity index (χ0n) is 20.2. The molecule has 0 N–H and O–H groups in total. The van der Waals surface area contributed by atoms with E-state index in [0.29, 0.717) is 0 Å². The van der Waals surface area contributed by atoms with Gasteiger partial charge in [0.05, 0.1) is 5.54 Å². The molecule has 0 atom stereocenters. The molecule has 2 nitrogen and oxygen atoms in total. The average Bonchev–Trinajstić information content (AvgIpc) is 2.73. The molecule has 0 heterocycles. The van der Waals surface area contributed by atoms with Crippen LogP contribution in [0.3, 0.4) is 0 Å². The third kappa shape index (κ3) is 7.41. The number of hydrogen-bond donors (Lipinski definition) is 0. The highest BCUT2D eigenvalue weighted by Crippen LogP contribution is 2.49. The maximum Gasteiger partial charge on any atom is 0.393 e. The van der Waals surface area contributed by atoms with Gasteiger partial charge in [0.1, 0.15) is 5.84 Å². The van der Waals surface area contributed by atoms with E-state index in [2.05, 4.69) is 119 Å². The van der Waals surface area contributed by atoms with Gasteiger partial charge in [-0.3, -0.25) is 4.99 Å². The molecular formula is C27H33ClN2S2Si. The lowest BCUT2D eigenvalue weighted by atomic mass is 10.1. The lowest BCUT2D eigenvalue weighted by molar-refractivity contribution is 0.356. The van der Waals surface area contributed by atoms with Crippen LogP contribution >= 0.6 is 33.5 Å². The minimum Gasteiger partial charge on any atom is -0.349 e. The van der Waals surface area contributed by atoms with Gasteiger partial charge in [-0.1, -0.05) is 89.2 Å². The number of aliphatic imine (C=N–C) groups is 1. The predicted molar refractivity (Wildman–Crippen MR) is 151 cm³/mol. The summed E-state index contributed by atoms with van der Waals surface area (Å²) in [5, 5.41) is 0. The molecule has 0 aliphatic carbocycles. The topological polar surface area (TPSA) is 15.6 Å². The Kier molecular flexibility index (Phi) is 8.44. The van der Waals surface area contributed by atoms with Gasteiger partial charge in [0.25, 0.3) is 0 Å². The van der Waals surface area contributed by atoms with Crippen molar-refractivity contribution in [3.05, 3.63) is 96.6 Å². The van der Waals surface area contributed by atoms with E-state index in [-0.39, 0.29) is 11.1 Å². The van der Waals surface area contributed by atoms with E-state index in [1.54, 1.807) is 22.4 Å². The van der Waals surface area contributed by atoms with Gasteiger partial charge in [-0.05, 0) is 65.8 Å². The number of rotatable bonds is 6. The van der Waals surface area contributed by atoms with Gasteiger partial charge in [0.15, 0.2) is 0 Å². The molecule has 0 radical (unpaired) electrons. The third-order valence-corrected chi connectivity index (χ3v) is 14.9. The molecule has 174 valence electrons. The van der Waals surface area contributed by atoms with E-state index in [1.807, 2.05) is 18.2 Å². The van der Waals surface area contributed by atoms with Gasteiger partial charge < -0.3 is 4.57 Å². The molecule has 0 saturated heterocycles. The molecule has 0 aliphatic rings. The zero-order chi connectivity index (χ0) is 24.1. The van der Waals surface area contributed by atoms with Crippen molar-refractivity contribution in [2.75, 3.05) is 0 Å². The number of halogens is 1. The summed E-state index contributed by atoms with van der Waals surface area (Å²) in [5.41, 5.74) is 0.579. The van der Waals surface area contributed by atoms with Crippen molar-refractivity contribution in [2.45, 2.75) is 62.4 Å². The van der Waals surface area contributed by atoms with Crippen molar-refractivity contribution in [1.82, 2.24) is 4.57 Å². The fraction of sp³-hybridized carbons (Fsp3) is 0.296. The van der Waals surface area contributed by atoms with Gasteiger partial charge in [0, 0.05) is 20.9 Å². The van der Waals surface area contributed by atoms with E-state index in [0.717, 1.165) is 11.4 Å². The Morgan fingerprint density at radius 2 is 1.09 bits per heavy atom. The fourth-order valence-corrected chi connectivity index (χ4v) is 16.1. The molecule has 0 aromatic heterocycles. The Bertz CT molecular complexity index is 1000. The summed E-state index contributed by atoms with van der Waals surface area (Å²) in [7, 11) is 0. The van der Waals surface area contributed by atoms with Crippen LogP contribution in [0.4, 0.5) is 0 Å². The molecule has 0 spiro atoms. The van der Waals surface area contributed by atoms with Crippen LogP contribution in [0.15, 0.2) is 106 Å². The van der Waals surface area contributed by atoms with Gasteiger partial charge in [0.2, 0.25) is 0 Å². The summed E-state index contributed by atoms with van der Waals surface area (Å²) in [6.45, 7) is 13.1. The highest BCUT2D eigenvalue weighted by Gasteiger charge is 2.49. The smallest absolute Gasteiger partial charge is 0.349 e. The van der Waals surface area contributed by atoms with Gasteiger partial charge in [-0.2, -0.15) is 0 Å². The first-order valence-corrected chi connectivity index (χ1v) is 17.1. The summed E-state index contributed by atoms with van der Waals surface area (Å²) in [6.07, 6.45) is 0. The number of nitrogens with zero attached hydrogens (tertiary/aromatic N) is 2. The molecule has 0 saturated carbocycles. The van der Waals surface area contributed by atoms with Crippen molar-refractivity contribution >= 4 is 45.2 Å². The van der Waals surface area contributed by atoms with Crippen LogP contribution in [0, 0.1) is 0 Å². The predicted octanol–water partition coefficient (Wildman–Crippen LogP) is 8.59. The molecule has 0 unspecified atom stereocenters. The minimum atomic E-state index is -2.83. The van der Waals surface area contributed by atoms with Gasteiger partial charge >= 0.3 is 5.84 Å². The lowest BCUT2D eigenvalue weighted by Crippen LogP contribution is -2.58. The maximum absolute atomic E-state index is 7.84. The average molecular weight is 513 g/mol. The Morgan fingerprint density at radius 1 is 0.697 bits per heavy atom. The van der Waals surface area contributed by atoms with Crippen LogP contribution < -0.4 is 0 Å². The Hall–Kier alpha value is -1.66. The SMILES string of the molecule is CC(C)(C)N=C(c1ccccc1)N(C(C)(C)C)[Si](Cl)(Sc1ccccc1)Sc1ccccc1. The maximum atomic E-state index is 7.84. The van der Waals surface area contributed by atoms with Crippen LogP contribution in [0.2, 0.25) is 0 Å². The standard InChI is InChI=1S/C27H33ClN2S2Si/c1-26(2,3)29-25(22-16-10-7-11-17-22)30(27(4,5)6)33(28,31-23-18-12-8-13-19-23)32-24-20-14-9-15-21-24/h7-21H,1-6H3. The van der Waals surface area contributed by atoms with Crippen LogP contribution in [-0.4, -0.2) is 27.3 Å². The van der Waals surface area contributed by atoms with Crippen molar-refractivity contribution in [3.8, 4) is 0 Å². The largest absolute Gasteiger partial charge is 0.393 e. The van der Waals surface area contributed by atoms with E-state index < -0.39 is 5.84 Å². The second-order valence-corrected chi connectivity index (χ2v) is 21.2. The number of benzene rings is 3. The molecule has 3 rings (SSSR count). The second-order valence-electron chi connectivity index (χ2n) is 9.81. The number of hydrogen-bond acceptors (Lipinski definition) is 3. The van der Waals surface area contributed by atoms with Crippen LogP contribution in [0.1, 0.15) is 47.1 Å². The van der Waals surface area contributed by atoms with Crippen LogP contribution in [0.5, 0.6) is 0 Å². The van der Waals surface area contributed by atoms with Gasteiger partial charge in [-0.15, -0.1) is 11.1 Å². The monoisotopic (exact) mass is 512 g/mol. The molecular weight excluding hydrogens is 480 g/mol. The quantitative estimate of drug-likeness (QED) is 0.142. The lowest BCUT2D eigenvalue weighted by Gasteiger charge is -2.47. The first kappa shape index (κ1) is 26.0. The molecule has 6 heteroatoms. The Morgan fingerprint density at radius 3 is 1.45 bits per heavy atom. The molecule has 0 amide bonds. The zero-order valence-corrected chi connectivity index (χ0v) is 23.6. The highest BCUT2D eigenvalue weighted by molar-refractivity contribution is 8.62. The van der Waals surface area contributed by atoms with Crippen molar-refractivity contribution in [2.24, 2.45) is 4.99 Å². The normalized spacial score (nSPS) is 13.1. The van der Waals surface area contributed by atoms with Crippen LogP contribution in [0.25, 0.3) is 0 Å². The highest BCUT2D eigenvalue weighted by atomic mass is 35.6. The summed E-state index contributed by atoms with van der Waals surface area (Å²) < 4.78 is 2.41. The molecule has 3 aromatic carbocycles. The van der Waals surface area contributed by atoms with E-state index in [9.17, 15) is 0 Å². The van der Waals surface area contributed by atoms with Crippen molar-refractivity contribution < 1.29 is 0 Å². The summed E-state index contributed by atoms with van der Waals surface area (Å²) >= 11 is 11.4. The Labute approximate surface area is 212 Å². The molecule has 0 bridgehead atoms. The van der Waals surface area contributed by atoms with Crippen LogP contribution in [-0.2, 0) is 0 Å². The molecule has 33 heavy (non-hydrogen) atoms. The van der Waals surface area contributed by atoms with Gasteiger partial charge in [-0.25, -0.2) is 0 Å². The first-order chi connectivity index (χ1) is 15.5. The van der Waals surface area contributed by atoms with E-state index in [4.69, 9.17) is 16.1 Å². The summed E-state index contributed by atoms with van der Waals surface area (Å²) in [5.74, 6) is -1.89. The van der Waals surface area contributed by atoms with Crippen molar-refractivity contribution in [1.29, 1.82) is 0 Å². The first-order valence-electron chi connectivity index (χ1n) is 11.1.